The van der Waals surface area contributed by atoms with Gasteiger partial charge in [0.1, 0.15) is 11.8 Å². The highest BCUT2D eigenvalue weighted by atomic mass is 32.1. The fourth-order valence-corrected chi connectivity index (χ4v) is 4.49. The topological polar surface area (TPSA) is 77.5 Å². The van der Waals surface area contributed by atoms with Gasteiger partial charge >= 0.3 is 12.3 Å². The normalized spacial score (nSPS) is 12.2. The Morgan fingerprint density at radius 1 is 1.17 bits per heavy atom. The van der Waals surface area contributed by atoms with Crippen LogP contribution in [0.4, 0.5) is 13.2 Å². The van der Waals surface area contributed by atoms with Gasteiger partial charge in [0, 0.05) is 23.1 Å². The predicted octanol–water partition coefficient (Wildman–Crippen LogP) is 5.48. The van der Waals surface area contributed by atoms with Crippen molar-refractivity contribution in [3.63, 3.8) is 0 Å². The minimum absolute atomic E-state index is 0.134. The first-order valence-electron chi connectivity index (χ1n) is 10.9. The number of aromatic nitrogens is 1. The summed E-state index contributed by atoms with van der Waals surface area (Å²) in [5.41, 5.74) is 2.62. The second kappa shape index (κ2) is 11.4. The van der Waals surface area contributed by atoms with Crippen LogP contribution in [0.25, 0.3) is 11.3 Å². The number of hydrogen-bond donors (Lipinski definition) is 1. The fourth-order valence-electron chi connectivity index (χ4n) is 3.52. The number of amides is 1. The van der Waals surface area contributed by atoms with Gasteiger partial charge in [-0.05, 0) is 48.7 Å². The van der Waals surface area contributed by atoms with Crippen molar-refractivity contribution < 1.29 is 32.2 Å². The van der Waals surface area contributed by atoms with Gasteiger partial charge in [0.05, 0.1) is 17.7 Å². The number of rotatable bonds is 9. The van der Waals surface area contributed by atoms with Gasteiger partial charge in [-0.15, -0.1) is 24.5 Å². The highest BCUT2D eigenvalue weighted by Gasteiger charge is 2.31. The third-order valence-electron chi connectivity index (χ3n) is 5.18. The van der Waals surface area contributed by atoms with Crippen molar-refractivity contribution in [1.82, 2.24) is 10.3 Å². The van der Waals surface area contributed by atoms with Crippen LogP contribution in [0.2, 0.25) is 0 Å². The number of carbonyl (C=O) groups is 2. The molecule has 10 heteroatoms. The molecule has 6 nitrogen and oxygen atoms in total. The molecule has 0 unspecified atom stereocenters. The zero-order chi connectivity index (χ0) is 25.6. The van der Waals surface area contributed by atoms with Crippen LogP contribution in [-0.4, -0.2) is 36.4 Å². The average molecular weight is 507 g/mol. The lowest BCUT2D eigenvalue weighted by molar-refractivity contribution is -0.274. The van der Waals surface area contributed by atoms with E-state index in [1.807, 2.05) is 13.0 Å². The number of ether oxygens (including phenoxy) is 2. The van der Waals surface area contributed by atoms with E-state index in [2.05, 4.69) is 22.0 Å². The fraction of sp³-hybridized carbons (Fsp3) is 0.320. The first kappa shape index (κ1) is 26.2. The zero-order valence-corrected chi connectivity index (χ0v) is 20.3. The number of benzene rings is 1. The summed E-state index contributed by atoms with van der Waals surface area (Å²) in [7, 11) is 1.24. The van der Waals surface area contributed by atoms with Crippen LogP contribution in [0.1, 0.15) is 39.0 Å². The van der Waals surface area contributed by atoms with Gasteiger partial charge in [-0.3, -0.25) is 9.78 Å². The number of hydrogen-bond acceptors (Lipinski definition) is 6. The second-order valence-corrected chi connectivity index (χ2v) is 9.08. The summed E-state index contributed by atoms with van der Waals surface area (Å²) in [6.45, 7) is 4.03. The summed E-state index contributed by atoms with van der Waals surface area (Å²) in [5, 5.41) is 2.74. The smallest absolute Gasteiger partial charge is 0.467 e. The summed E-state index contributed by atoms with van der Waals surface area (Å²) in [6.07, 6.45) is -1.31. The first-order valence-corrected chi connectivity index (χ1v) is 11.7. The van der Waals surface area contributed by atoms with Gasteiger partial charge in [0.15, 0.2) is 0 Å². The molecule has 0 aliphatic carbocycles. The molecule has 0 saturated heterocycles. The van der Waals surface area contributed by atoms with E-state index in [4.69, 9.17) is 4.74 Å². The molecule has 2 aromatic heterocycles. The molecule has 0 radical (unpaired) electrons. The lowest BCUT2D eigenvalue weighted by Crippen LogP contribution is -2.42. The maximum Gasteiger partial charge on any atom is 0.573 e. The Labute approximate surface area is 205 Å². The summed E-state index contributed by atoms with van der Waals surface area (Å²) in [4.78, 5) is 31.0. The molecule has 186 valence electrons. The number of esters is 1. The number of alkyl halides is 3. The molecule has 1 amide bonds. The summed E-state index contributed by atoms with van der Waals surface area (Å²) < 4.78 is 46.3. The molecule has 1 N–H and O–H groups in total. The average Bonchev–Trinajstić information content (AvgIpc) is 3.18. The van der Waals surface area contributed by atoms with Gasteiger partial charge < -0.3 is 14.8 Å². The molecular formula is C25H25F3N2O4S. The van der Waals surface area contributed by atoms with Crippen LogP contribution in [0.3, 0.4) is 0 Å². The largest absolute Gasteiger partial charge is 0.573 e. The molecule has 0 aliphatic rings. The van der Waals surface area contributed by atoms with Crippen molar-refractivity contribution in [2.75, 3.05) is 7.11 Å². The summed E-state index contributed by atoms with van der Waals surface area (Å²) >= 11 is 1.38. The molecular weight excluding hydrogens is 481 g/mol. The monoisotopic (exact) mass is 506 g/mol. The number of carbonyl (C=O) groups excluding carboxylic acids is 2. The van der Waals surface area contributed by atoms with E-state index in [0.29, 0.717) is 21.7 Å². The second-order valence-electron chi connectivity index (χ2n) is 7.82. The van der Waals surface area contributed by atoms with Crippen molar-refractivity contribution in [1.29, 1.82) is 0 Å². The molecule has 0 saturated carbocycles. The molecule has 0 spiro atoms. The number of nitrogens with one attached hydrogen (secondary N) is 1. The maximum atomic E-state index is 12.8. The Kier molecular flexibility index (Phi) is 8.50. The Hall–Kier alpha value is -3.40. The van der Waals surface area contributed by atoms with Gasteiger partial charge in [-0.25, -0.2) is 4.79 Å². The standard InChI is InChI=1S/C25H25F3N2O4S/c1-4-6-17-13-22(35-15(17)2)23(31)30-21(24(32)33-3)11-16-9-10-20(29-14-16)18-7-5-8-19(12-18)34-25(26,27)28/h5,7-10,12-14,21H,4,6,11H2,1-3H3,(H,30,31)/t21-/m1/s1. The maximum absolute atomic E-state index is 12.8. The van der Waals surface area contributed by atoms with Crippen LogP contribution < -0.4 is 10.1 Å². The zero-order valence-electron chi connectivity index (χ0n) is 19.4. The van der Waals surface area contributed by atoms with Crippen molar-refractivity contribution in [3.05, 3.63) is 69.5 Å². The van der Waals surface area contributed by atoms with E-state index in [1.54, 1.807) is 18.2 Å². The molecule has 35 heavy (non-hydrogen) atoms. The van der Waals surface area contributed by atoms with Crippen LogP contribution in [0, 0.1) is 6.92 Å². The van der Waals surface area contributed by atoms with Crippen molar-refractivity contribution in [2.45, 2.75) is 45.5 Å². The van der Waals surface area contributed by atoms with E-state index in [-0.39, 0.29) is 18.1 Å². The molecule has 2 heterocycles. The predicted molar refractivity (Wildman–Crippen MR) is 126 cm³/mol. The minimum Gasteiger partial charge on any atom is -0.467 e. The number of nitrogens with zero attached hydrogens (tertiary/aromatic N) is 1. The van der Waals surface area contributed by atoms with Gasteiger partial charge in [-0.1, -0.05) is 31.5 Å². The number of methoxy groups -OCH3 is 1. The SMILES string of the molecule is CCCc1cc(C(=O)N[C@H](Cc2ccc(-c3cccc(OC(F)(F)F)c3)nc2)C(=O)OC)sc1C. The van der Waals surface area contributed by atoms with Crippen LogP contribution >= 0.6 is 11.3 Å². The number of pyridine rings is 1. The quantitative estimate of drug-likeness (QED) is 0.389. The molecule has 0 aliphatic heterocycles. The van der Waals surface area contributed by atoms with Crippen LogP contribution in [0.5, 0.6) is 5.75 Å². The van der Waals surface area contributed by atoms with E-state index in [0.717, 1.165) is 23.3 Å². The first-order chi connectivity index (χ1) is 16.6. The van der Waals surface area contributed by atoms with Crippen molar-refractivity contribution >= 4 is 23.2 Å². The summed E-state index contributed by atoms with van der Waals surface area (Å²) in [5.74, 6) is -1.30. The molecule has 1 aromatic carbocycles. The van der Waals surface area contributed by atoms with E-state index >= 15 is 0 Å². The molecule has 1 atom stereocenters. The van der Waals surface area contributed by atoms with Crippen LogP contribution in [-0.2, 0) is 22.4 Å². The Balaban J connectivity index is 1.73. The van der Waals surface area contributed by atoms with Gasteiger partial charge in [-0.2, -0.15) is 0 Å². The van der Waals surface area contributed by atoms with E-state index in [1.165, 1.54) is 42.8 Å². The highest BCUT2D eigenvalue weighted by molar-refractivity contribution is 7.14. The number of halogens is 3. The van der Waals surface area contributed by atoms with Crippen LogP contribution in [0.15, 0.2) is 48.7 Å². The molecule has 3 rings (SSSR count). The third-order valence-corrected chi connectivity index (χ3v) is 6.27. The van der Waals surface area contributed by atoms with E-state index in [9.17, 15) is 22.8 Å². The molecule has 0 fully saturated rings. The van der Waals surface area contributed by atoms with Gasteiger partial charge in [0.2, 0.25) is 0 Å². The van der Waals surface area contributed by atoms with Crippen molar-refractivity contribution in [2.24, 2.45) is 0 Å². The minimum atomic E-state index is -4.79. The summed E-state index contributed by atoms with van der Waals surface area (Å²) in [6, 6.07) is 9.72. The Bertz CT molecular complexity index is 1180. The number of aryl methyl sites for hydroxylation is 2. The lowest BCUT2D eigenvalue weighted by atomic mass is 10.1. The Morgan fingerprint density at radius 2 is 1.94 bits per heavy atom. The molecule has 0 bridgehead atoms. The Morgan fingerprint density at radius 3 is 2.57 bits per heavy atom. The van der Waals surface area contributed by atoms with E-state index < -0.39 is 18.4 Å². The highest BCUT2D eigenvalue weighted by Crippen LogP contribution is 2.27. The molecule has 3 aromatic rings. The third kappa shape index (κ3) is 7.29. The van der Waals surface area contributed by atoms with Crippen molar-refractivity contribution in [3.8, 4) is 17.0 Å². The van der Waals surface area contributed by atoms with Gasteiger partial charge in [0.25, 0.3) is 5.91 Å². The lowest BCUT2D eigenvalue weighted by Gasteiger charge is -2.16. The number of thiophene rings is 1.